The molecule has 12 nitrogen and oxygen atoms in total. The van der Waals surface area contributed by atoms with Gasteiger partial charge in [0, 0.05) is 46.8 Å². The number of nitrogens with one attached hydrogen (secondary N) is 2. The molecule has 0 aliphatic carbocycles. The summed E-state index contributed by atoms with van der Waals surface area (Å²) in [6.45, 7) is 0. The van der Waals surface area contributed by atoms with Crippen molar-refractivity contribution in [2.75, 3.05) is 10.6 Å². The van der Waals surface area contributed by atoms with Crippen molar-refractivity contribution < 1.29 is 46.5 Å². The molecule has 0 aliphatic rings. The summed E-state index contributed by atoms with van der Waals surface area (Å²) in [4.78, 5) is 45.4. The van der Waals surface area contributed by atoms with Crippen molar-refractivity contribution in [3.63, 3.8) is 0 Å². The second-order valence-corrected chi connectivity index (χ2v) is 9.69. The van der Waals surface area contributed by atoms with E-state index in [9.17, 15) is 47.4 Å². The number of carbonyl (C=O) groups excluding carboxylic acids is 2. The van der Waals surface area contributed by atoms with Crippen LogP contribution in [0.5, 0.6) is 23.0 Å². The molecule has 0 aromatic heterocycles. The minimum absolute atomic E-state index is 0.0113. The van der Waals surface area contributed by atoms with E-state index in [2.05, 4.69) is 10.6 Å². The van der Waals surface area contributed by atoms with E-state index in [0.717, 1.165) is 36.4 Å². The molecule has 0 saturated heterocycles. The van der Waals surface area contributed by atoms with Gasteiger partial charge in [0.05, 0.1) is 9.85 Å². The minimum atomic E-state index is -1.91. The smallest absolute Gasteiger partial charge is 0.270 e. The van der Waals surface area contributed by atoms with Gasteiger partial charge in [0.15, 0.2) is 0 Å². The fourth-order valence-corrected chi connectivity index (χ4v) is 4.15. The van der Waals surface area contributed by atoms with Gasteiger partial charge in [-0.05, 0) is 60.7 Å². The molecule has 0 radical (unpaired) electrons. The standard InChI is InChI=1S/C32H18F4N4O8/c33-25-27(35)30(48-24-13-9-20(10-14-24)38-32(42)18-4-2-6-22(16-18)40(45)46)28(36)26(34)29(25)47-23-11-7-19(8-12-23)37-31(41)17-3-1-5-21(15-17)39(43)44/h1-16H,(H,37,41)(H,38,42). The number of nitrogens with zero attached hydrogens (tertiary/aromatic N) is 2. The number of rotatable bonds is 10. The van der Waals surface area contributed by atoms with Crippen molar-refractivity contribution in [2.24, 2.45) is 0 Å². The van der Waals surface area contributed by atoms with Crippen LogP contribution in [0.2, 0.25) is 0 Å². The third-order valence-electron chi connectivity index (χ3n) is 6.49. The molecular formula is C32H18F4N4O8. The molecule has 0 unspecified atom stereocenters. The van der Waals surface area contributed by atoms with Crippen molar-refractivity contribution in [3.8, 4) is 23.0 Å². The Balaban J connectivity index is 1.26. The Morgan fingerprint density at radius 3 is 1.19 bits per heavy atom. The van der Waals surface area contributed by atoms with E-state index < -0.39 is 56.4 Å². The molecule has 16 heteroatoms. The maximum Gasteiger partial charge on any atom is 0.270 e. The van der Waals surface area contributed by atoms with Gasteiger partial charge in [-0.2, -0.15) is 17.6 Å². The van der Waals surface area contributed by atoms with Crippen LogP contribution in [0.1, 0.15) is 20.7 Å². The first kappa shape index (κ1) is 32.6. The molecule has 48 heavy (non-hydrogen) atoms. The van der Waals surface area contributed by atoms with Crippen LogP contribution in [0.15, 0.2) is 97.1 Å². The molecule has 0 heterocycles. The molecule has 0 fully saturated rings. The van der Waals surface area contributed by atoms with Crippen LogP contribution in [0.4, 0.5) is 40.3 Å². The van der Waals surface area contributed by atoms with Crippen molar-refractivity contribution in [3.05, 3.63) is 152 Å². The number of nitro benzene ring substituents is 2. The number of halogens is 4. The van der Waals surface area contributed by atoms with Crippen LogP contribution >= 0.6 is 0 Å². The first-order valence-electron chi connectivity index (χ1n) is 13.4. The van der Waals surface area contributed by atoms with Crippen molar-refractivity contribution in [1.82, 2.24) is 0 Å². The lowest BCUT2D eigenvalue weighted by Gasteiger charge is -2.14. The summed E-state index contributed by atoms with van der Waals surface area (Å²) >= 11 is 0. The molecule has 0 bridgehead atoms. The summed E-state index contributed by atoms with van der Waals surface area (Å²) < 4.78 is 69.6. The highest BCUT2D eigenvalue weighted by molar-refractivity contribution is 6.05. The molecule has 0 aliphatic heterocycles. The van der Waals surface area contributed by atoms with Crippen molar-refractivity contribution in [1.29, 1.82) is 0 Å². The lowest BCUT2D eigenvalue weighted by atomic mass is 10.2. The van der Waals surface area contributed by atoms with E-state index in [1.54, 1.807) is 0 Å². The van der Waals surface area contributed by atoms with Gasteiger partial charge >= 0.3 is 0 Å². The number of benzene rings is 5. The van der Waals surface area contributed by atoms with Crippen LogP contribution in [-0.4, -0.2) is 21.7 Å². The Labute approximate surface area is 266 Å². The summed E-state index contributed by atoms with van der Waals surface area (Å²) in [5.74, 6) is -12.4. The first-order valence-corrected chi connectivity index (χ1v) is 13.4. The highest BCUT2D eigenvalue weighted by Gasteiger charge is 2.29. The summed E-state index contributed by atoms with van der Waals surface area (Å²) in [5, 5.41) is 26.8. The predicted molar refractivity (Wildman–Crippen MR) is 161 cm³/mol. The number of anilines is 2. The third-order valence-corrected chi connectivity index (χ3v) is 6.49. The topological polar surface area (TPSA) is 163 Å². The number of nitro groups is 2. The SMILES string of the molecule is O=C(Nc1ccc(Oc2c(F)c(F)c(Oc3ccc(NC(=O)c4cccc([N+](=O)[O-])c4)cc3)c(F)c2F)cc1)c1cccc([N+](=O)[O-])c1. The lowest BCUT2D eigenvalue weighted by molar-refractivity contribution is -0.385. The van der Waals surface area contributed by atoms with Crippen LogP contribution in [0.3, 0.4) is 0 Å². The average molecular weight is 663 g/mol. The summed E-state index contributed by atoms with van der Waals surface area (Å²) in [6.07, 6.45) is 0. The highest BCUT2D eigenvalue weighted by atomic mass is 19.2. The van der Waals surface area contributed by atoms with Crippen molar-refractivity contribution in [2.45, 2.75) is 0 Å². The Bertz CT molecular complexity index is 1900. The zero-order valence-electron chi connectivity index (χ0n) is 23.9. The van der Waals surface area contributed by atoms with Crippen molar-refractivity contribution >= 4 is 34.6 Å². The summed E-state index contributed by atoms with van der Waals surface area (Å²) in [5.41, 5.74) is -0.296. The van der Waals surface area contributed by atoms with Gasteiger partial charge in [0.2, 0.25) is 34.8 Å². The molecule has 0 spiro atoms. The molecule has 2 N–H and O–H groups in total. The highest BCUT2D eigenvalue weighted by Crippen LogP contribution is 2.39. The molecule has 5 aromatic rings. The first-order chi connectivity index (χ1) is 22.9. The Morgan fingerprint density at radius 2 is 0.875 bits per heavy atom. The van der Waals surface area contributed by atoms with Gasteiger partial charge in [0.25, 0.3) is 23.2 Å². The molecule has 242 valence electrons. The van der Waals surface area contributed by atoms with Gasteiger partial charge in [-0.3, -0.25) is 29.8 Å². The molecule has 0 atom stereocenters. The van der Waals surface area contributed by atoms with E-state index in [-0.39, 0.29) is 45.4 Å². The van der Waals surface area contributed by atoms with Crippen LogP contribution in [0.25, 0.3) is 0 Å². The van der Waals surface area contributed by atoms with Crippen LogP contribution < -0.4 is 20.1 Å². The van der Waals surface area contributed by atoms with Gasteiger partial charge in [0.1, 0.15) is 11.5 Å². The largest absolute Gasteiger partial charge is 0.451 e. The summed E-state index contributed by atoms with van der Waals surface area (Å²) in [6, 6.07) is 19.5. The minimum Gasteiger partial charge on any atom is -0.451 e. The monoisotopic (exact) mass is 662 g/mol. The zero-order chi connectivity index (χ0) is 34.5. The molecule has 5 aromatic carbocycles. The second-order valence-electron chi connectivity index (χ2n) is 9.69. The lowest BCUT2D eigenvalue weighted by Crippen LogP contribution is -2.12. The van der Waals surface area contributed by atoms with E-state index in [1.165, 1.54) is 60.7 Å². The fourth-order valence-electron chi connectivity index (χ4n) is 4.15. The van der Waals surface area contributed by atoms with Crippen LogP contribution in [-0.2, 0) is 0 Å². The van der Waals surface area contributed by atoms with Crippen LogP contribution in [0, 0.1) is 43.5 Å². The Hall–Kier alpha value is -6.84. The van der Waals surface area contributed by atoms with Gasteiger partial charge < -0.3 is 20.1 Å². The van der Waals surface area contributed by atoms with Gasteiger partial charge in [-0.1, -0.05) is 12.1 Å². The fraction of sp³-hybridized carbons (Fsp3) is 0. The molecule has 0 saturated carbocycles. The maximum atomic E-state index is 14.9. The van der Waals surface area contributed by atoms with Gasteiger partial charge in [-0.15, -0.1) is 0 Å². The number of carbonyl (C=O) groups is 2. The number of hydrogen-bond donors (Lipinski definition) is 2. The molecule has 5 rings (SSSR count). The quantitative estimate of drug-likeness (QED) is 0.0655. The Morgan fingerprint density at radius 1 is 0.542 bits per heavy atom. The predicted octanol–water partition coefficient (Wildman–Crippen LogP) is 8.15. The van der Waals surface area contributed by atoms with Gasteiger partial charge in [-0.25, -0.2) is 0 Å². The molecule has 2 amide bonds. The second kappa shape index (κ2) is 13.7. The zero-order valence-corrected chi connectivity index (χ0v) is 23.9. The normalized spacial score (nSPS) is 10.6. The van der Waals surface area contributed by atoms with E-state index in [0.29, 0.717) is 0 Å². The average Bonchev–Trinajstić information content (AvgIpc) is 3.09. The van der Waals surface area contributed by atoms with E-state index in [4.69, 9.17) is 9.47 Å². The molecular weight excluding hydrogens is 644 g/mol. The maximum absolute atomic E-state index is 14.9. The third kappa shape index (κ3) is 7.17. The van der Waals surface area contributed by atoms with E-state index >= 15 is 0 Å². The Kier molecular flexibility index (Phi) is 9.26. The number of amides is 2. The number of non-ortho nitro benzene ring substituents is 2. The number of hydrogen-bond acceptors (Lipinski definition) is 8. The summed E-state index contributed by atoms with van der Waals surface area (Å²) in [7, 11) is 0. The van der Waals surface area contributed by atoms with E-state index in [1.807, 2.05) is 0 Å². The number of ether oxygens (including phenoxy) is 2.